The van der Waals surface area contributed by atoms with Crippen LogP contribution in [0.3, 0.4) is 0 Å². The molecule has 112 valence electrons. The highest BCUT2D eigenvalue weighted by Gasteiger charge is 2.34. The Balaban J connectivity index is 1.76. The van der Waals surface area contributed by atoms with E-state index in [1.54, 1.807) is 0 Å². The molecule has 2 atom stereocenters. The molecule has 4 heteroatoms. The van der Waals surface area contributed by atoms with E-state index < -0.39 is 0 Å². The minimum absolute atomic E-state index is 0.228. The Bertz CT molecular complexity index is 437. The first kappa shape index (κ1) is 14.1. The molecule has 2 aliphatic rings. The van der Waals surface area contributed by atoms with E-state index in [4.69, 9.17) is 4.74 Å². The standard InChI is InChI=1S/C16H27N3O/c1-3-7-18(8-4-2)11-15-14-10-17-19-9-5-6-13(12-20-15)16(14)19/h10,13,15H,3-9,11-12H2,1-2H3/t13-,15+/m1/s1. The zero-order valence-corrected chi connectivity index (χ0v) is 12.8. The molecule has 1 aromatic rings. The smallest absolute Gasteiger partial charge is 0.0985 e. The van der Waals surface area contributed by atoms with E-state index in [2.05, 4.69) is 34.7 Å². The summed E-state index contributed by atoms with van der Waals surface area (Å²) in [5, 5.41) is 4.59. The Kier molecular flexibility index (Phi) is 4.41. The quantitative estimate of drug-likeness (QED) is 0.801. The molecule has 0 bridgehead atoms. The highest BCUT2D eigenvalue weighted by atomic mass is 16.5. The molecule has 0 N–H and O–H groups in total. The van der Waals surface area contributed by atoms with Crippen LogP contribution in [-0.2, 0) is 11.3 Å². The molecule has 0 fully saturated rings. The van der Waals surface area contributed by atoms with Crippen molar-refractivity contribution in [2.24, 2.45) is 0 Å². The molecule has 4 nitrogen and oxygen atoms in total. The molecule has 0 saturated carbocycles. The monoisotopic (exact) mass is 277 g/mol. The molecule has 1 aromatic heterocycles. The van der Waals surface area contributed by atoms with E-state index in [-0.39, 0.29) is 6.10 Å². The Labute approximate surface area is 122 Å². The van der Waals surface area contributed by atoms with Crippen molar-refractivity contribution >= 4 is 0 Å². The van der Waals surface area contributed by atoms with Gasteiger partial charge >= 0.3 is 0 Å². The zero-order valence-electron chi connectivity index (χ0n) is 12.8. The van der Waals surface area contributed by atoms with Gasteiger partial charge in [-0.1, -0.05) is 13.8 Å². The third-order valence-electron chi connectivity index (χ3n) is 4.57. The molecule has 0 radical (unpaired) electrons. The molecule has 3 heterocycles. The molecule has 0 spiro atoms. The van der Waals surface area contributed by atoms with Gasteiger partial charge in [0.15, 0.2) is 0 Å². The molecule has 0 saturated heterocycles. The second-order valence-corrected chi connectivity index (χ2v) is 6.17. The number of aromatic nitrogens is 2. The Morgan fingerprint density at radius 2 is 2.15 bits per heavy atom. The summed E-state index contributed by atoms with van der Waals surface area (Å²) < 4.78 is 8.41. The van der Waals surface area contributed by atoms with Crippen LogP contribution >= 0.6 is 0 Å². The minimum Gasteiger partial charge on any atom is -0.371 e. The van der Waals surface area contributed by atoms with Crippen LogP contribution in [0.15, 0.2) is 6.20 Å². The van der Waals surface area contributed by atoms with Gasteiger partial charge in [-0.2, -0.15) is 5.10 Å². The highest BCUT2D eigenvalue weighted by molar-refractivity contribution is 5.28. The normalized spacial score (nSPS) is 24.9. The lowest BCUT2D eigenvalue weighted by Gasteiger charge is -2.35. The molecule has 0 aromatic carbocycles. The Hall–Kier alpha value is -0.870. The van der Waals surface area contributed by atoms with Crippen LogP contribution in [0.25, 0.3) is 0 Å². The number of hydrogen-bond acceptors (Lipinski definition) is 3. The average molecular weight is 277 g/mol. The summed E-state index contributed by atoms with van der Waals surface area (Å²) in [4.78, 5) is 2.54. The number of hydrogen-bond donors (Lipinski definition) is 0. The summed E-state index contributed by atoms with van der Waals surface area (Å²) >= 11 is 0. The molecule has 2 aliphatic heterocycles. The van der Waals surface area contributed by atoms with Gasteiger partial charge in [-0.3, -0.25) is 4.68 Å². The van der Waals surface area contributed by atoms with E-state index in [9.17, 15) is 0 Å². The van der Waals surface area contributed by atoms with Crippen LogP contribution in [0, 0.1) is 0 Å². The molecular weight excluding hydrogens is 250 g/mol. The van der Waals surface area contributed by atoms with E-state index >= 15 is 0 Å². The zero-order chi connectivity index (χ0) is 13.9. The Morgan fingerprint density at radius 3 is 2.90 bits per heavy atom. The van der Waals surface area contributed by atoms with Gasteiger partial charge in [0, 0.05) is 30.3 Å². The first-order valence-corrected chi connectivity index (χ1v) is 8.23. The van der Waals surface area contributed by atoms with Gasteiger partial charge in [0.05, 0.1) is 18.9 Å². The van der Waals surface area contributed by atoms with Gasteiger partial charge in [0.25, 0.3) is 0 Å². The lowest BCUT2D eigenvalue weighted by atomic mass is 9.90. The number of nitrogens with zero attached hydrogens (tertiary/aromatic N) is 3. The lowest BCUT2D eigenvalue weighted by Crippen LogP contribution is -2.35. The largest absolute Gasteiger partial charge is 0.371 e. The molecule has 0 unspecified atom stereocenters. The van der Waals surface area contributed by atoms with Crippen LogP contribution in [0.1, 0.15) is 62.8 Å². The van der Waals surface area contributed by atoms with Crippen molar-refractivity contribution in [2.75, 3.05) is 26.2 Å². The van der Waals surface area contributed by atoms with E-state index in [0.29, 0.717) is 5.92 Å². The van der Waals surface area contributed by atoms with Crippen molar-refractivity contribution in [3.8, 4) is 0 Å². The van der Waals surface area contributed by atoms with Gasteiger partial charge in [0.2, 0.25) is 0 Å². The fourth-order valence-corrected chi connectivity index (χ4v) is 3.70. The first-order chi connectivity index (χ1) is 9.83. The molecule has 0 amide bonds. The van der Waals surface area contributed by atoms with Crippen LogP contribution in [0.4, 0.5) is 0 Å². The fourth-order valence-electron chi connectivity index (χ4n) is 3.70. The summed E-state index contributed by atoms with van der Waals surface area (Å²) in [6.45, 7) is 9.83. The van der Waals surface area contributed by atoms with Crippen molar-refractivity contribution in [1.29, 1.82) is 0 Å². The number of aryl methyl sites for hydroxylation is 1. The lowest BCUT2D eigenvalue weighted by molar-refractivity contribution is -0.00133. The fraction of sp³-hybridized carbons (Fsp3) is 0.812. The van der Waals surface area contributed by atoms with Crippen molar-refractivity contribution in [1.82, 2.24) is 14.7 Å². The second kappa shape index (κ2) is 6.27. The maximum atomic E-state index is 6.18. The van der Waals surface area contributed by atoms with Crippen LogP contribution in [0.5, 0.6) is 0 Å². The summed E-state index contributed by atoms with van der Waals surface area (Å²) in [7, 11) is 0. The van der Waals surface area contributed by atoms with Crippen LogP contribution in [0.2, 0.25) is 0 Å². The number of rotatable bonds is 6. The van der Waals surface area contributed by atoms with Gasteiger partial charge < -0.3 is 9.64 Å². The predicted octanol–water partition coefficient (Wildman–Crippen LogP) is 2.95. The Morgan fingerprint density at radius 1 is 1.35 bits per heavy atom. The third-order valence-corrected chi connectivity index (χ3v) is 4.57. The summed E-state index contributed by atoms with van der Waals surface area (Å²) in [6, 6.07) is 0. The first-order valence-electron chi connectivity index (χ1n) is 8.23. The maximum Gasteiger partial charge on any atom is 0.0985 e. The van der Waals surface area contributed by atoms with Crippen molar-refractivity contribution in [2.45, 2.75) is 58.1 Å². The summed E-state index contributed by atoms with van der Waals surface area (Å²) in [6.07, 6.45) is 7.21. The van der Waals surface area contributed by atoms with Gasteiger partial charge in [-0.25, -0.2) is 0 Å². The summed E-state index contributed by atoms with van der Waals surface area (Å²) in [5.41, 5.74) is 2.83. The van der Waals surface area contributed by atoms with E-state index in [1.807, 2.05) is 0 Å². The number of ether oxygens (including phenoxy) is 1. The van der Waals surface area contributed by atoms with Crippen LogP contribution < -0.4 is 0 Å². The molecule has 20 heavy (non-hydrogen) atoms. The van der Waals surface area contributed by atoms with Gasteiger partial charge in [0.1, 0.15) is 0 Å². The van der Waals surface area contributed by atoms with Gasteiger partial charge in [-0.05, 0) is 38.8 Å². The van der Waals surface area contributed by atoms with Crippen molar-refractivity contribution < 1.29 is 4.74 Å². The van der Waals surface area contributed by atoms with Gasteiger partial charge in [-0.15, -0.1) is 0 Å². The molecule has 3 rings (SSSR count). The van der Waals surface area contributed by atoms with E-state index in [1.165, 1.54) is 50.0 Å². The average Bonchev–Trinajstić information content (AvgIpc) is 2.89. The molecule has 0 aliphatic carbocycles. The van der Waals surface area contributed by atoms with Crippen molar-refractivity contribution in [3.05, 3.63) is 17.5 Å². The molecular formula is C16H27N3O. The minimum atomic E-state index is 0.228. The SMILES string of the molecule is CCCN(CCC)C[C@@H]1OC[C@H]2CCCn3ncc1c32. The van der Waals surface area contributed by atoms with E-state index in [0.717, 1.165) is 19.7 Å². The topological polar surface area (TPSA) is 30.3 Å². The third kappa shape index (κ3) is 2.63. The predicted molar refractivity (Wildman–Crippen MR) is 79.9 cm³/mol. The second-order valence-electron chi connectivity index (χ2n) is 6.17. The maximum absolute atomic E-state index is 6.18. The highest BCUT2D eigenvalue weighted by Crippen LogP contribution is 2.39. The summed E-state index contributed by atoms with van der Waals surface area (Å²) in [5.74, 6) is 0.586. The van der Waals surface area contributed by atoms with Crippen LogP contribution in [-0.4, -0.2) is 40.9 Å². The van der Waals surface area contributed by atoms with Crippen molar-refractivity contribution in [3.63, 3.8) is 0 Å².